The number of rotatable bonds is 5. The molecule has 0 saturated heterocycles. The van der Waals surface area contributed by atoms with E-state index in [2.05, 4.69) is 11.4 Å². The van der Waals surface area contributed by atoms with Gasteiger partial charge in [0.05, 0.1) is 17.8 Å². The number of nitriles is 1. The van der Waals surface area contributed by atoms with E-state index in [0.717, 1.165) is 18.7 Å². The fourth-order valence-corrected chi connectivity index (χ4v) is 1.65. The second-order valence-corrected chi connectivity index (χ2v) is 3.72. The number of nitrogens with zero attached hydrogens (tertiary/aromatic N) is 2. The first kappa shape index (κ1) is 13.0. The van der Waals surface area contributed by atoms with Crippen molar-refractivity contribution in [2.24, 2.45) is 0 Å². The van der Waals surface area contributed by atoms with Crippen molar-refractivity contribution in [1.82, 2.24) is 5.32 Å². The van der Waals surface area contributed by atoms with Crippen LogP contribution in [0.1, 0.15) is 18.9 Å². The molecule has 0 aliphatic heterocycles. The number of likely N-dealkylation sites (N-methyl/N-ethyl adjacent to an activating group) is 1. The molecule has 1 aromatic rings. The molecule has 0 atom stereocenters. The Labute approximate surface area is 102 Å². The average molecular weight is 231 g/mol. The molecule has 0 aliphatic carbocycles. The number of carbonyl (C=O) groups is 1. The highest BCUT2D eigenvalue weighted by atomic mass is 16.1. The number of hydrogen-bond donors (Lipinski definition) is 1. The first-order chi connectivity index (χ1) is 8.22. The molecule has 0 aliphatic rings. The normalized spacial score (nSPS) is 9.47. The summed E-state index contributed by atoms with van der Waals surface area (Å²) in [5, 5.41) is 11.6. The zero-order valence-electron chi connectivity index (χ0n) is 10.2. The van der Waals surface area contributed by atoms with E-state index < -0.39 is 0 Å². The van der Waals surface area contributed by atoms with Gasteiger partial charge in [0.2, 0.25) is 5.91 Å². The molecule has 1 N–H and O–H groups in total. The molecule has 1 amide bonds. The number of para-hydroxylation sites is 1. The van der Waals surface area contributed by atoms with Gasteiger partial charge in [-0.2, -0.15) is 5.26 Å². The highest BCUT2D eigenvalue weighted by Crippen LogP contribution is 2.19. The lowest BCUT2D eigenvalue weighted by Gasteiger charge is -2.24. The lowest BCUT2D eigenvalue weighted by molar-refractivity contribution is -0.119. The largest absolute Gasteiger partial charge is 0.361 e. The number of nitrogens with one attached hydrogen (secondary N) is 1. The van der Waals surface area contributed by atoms with Gasteiger partial charge in [-0.15, -0.1) is 0 Å². The summed E-state index contributed by atoms with van der Waals surface area (Å²) in [4.78, 5) is 13.4. The molecule has 1 aromatic carbocycles. The smallest absolute Gasteiger partial charge is 0.239 e. The molecule has 0 bridgehead atoms. The van der Waals surface area contributed by atoms with Crippen molar-refractivity contribution in [3.05, 3.63) is 29.8 Å². The second kappa shape index (κ2) is 6.54. The molecular weight excluding hydrogens is 214 g/mol. The van der Waals surface area contributed by atoms with E-state index in [1.165, 1.54) is 0 Å². The molecule has 4 heteroatoms. The topological polar surface area (TPSA) is 56.1 Å². The Morgan fingerprint density at radius 3 is 2.76 bits per heavy atom. The molecule has 0 saturated carbocycles. The fraction of sp³-hybridized carbons (Fsp3) is 0.385. The number of anilines is 1. The quantitative estimate of drug-likeness (QED) is 0.836. The van der Waals surface area contributed by atoms with E-state index in [-0.39, 0.29) is 12.5 Å². The van der Waals surface area contributed by atoms with Crippen molar-refractivity contribution >= 4 is 11.6 Å². The number of benzene rings is 1. The van der Waals surface area contributed by atoms with Crippen molar-refractivity contribution in [3.8, 4) is 6.07 Å². The van der Waals surface area contributed by atoms with Crippen LogP contribution in [0.2, 0.25) is 0 Å². The van der Waals surface area contributed by atoms with Gasteiger partial charge >= 0.3 is 0 Å². The molecule has 4 nitrogen and oxygen atoms in total. The molecule has 0 radical (unpaired) electrons. The van der Waals surface area contributed by atoms with Crippen LogP contribution >= 0.6 is 0 Å². The Balaban J connectivity index is 2.97. The van der Waals surface area contributed by atoms with Crippen LogP contribution in [-0.2, 0) is 4.79 Å². The predicted molar refractivity (Wildman–Crippen MR) is 67.7 cm³/mol. The minimum Gasteiger partial charge on any atom is -0.361 e. The molecule has 0 heterocycles. The minimum atomic E-state index is -0.0498. The SMILES string of the molecule is CCCN(CC(=O)NC)c1ccccc1C#N. The summed E-state index contributed by atoms with van der Waals surface area (Å²) >= 11 is 0. The monoisotopic (exact) mass is 231 g/mol. The summed E-state index contributed by atoms with van der Waals surface area (Å²) in [6.07, 6.45) is 0.927. The Hall–Kier alpha value is -2.02. The molecular formula is C13H17N3O. The van der Waals surface area contributed by atoms with Gasteiger partial charge < -0.3 is 10.2 Å². The highest BCUT2D eigenvalue weighted by molar-refractivity contribution is 5.81. The van der Waals surface area contributed by atoms with Crippen LogP contribution in [0.3, 0.4) is 0 Å². The summed E-state index contributed by atoms with van der Waals surface area (Å²) in [5.74, 6) is -0.0498. The molecule has 0 unspecified atom stereocenters. The Kier molecular flexibility index (Phi) is 5.02. The Morgan fingerprint density at radius 2 is 2.18 bits per heavy atom. The fourth-order valence-electron chi connectivity index (χ4n) is 1.65. The summed E-state index contributed by atoms with van der Waals surface area (Å²) in [6, 6.07) is 9.49. The van der Waals surface area contributed by atoms with Gasteiger partial charge in [0.25, 0.3) is 0 Å². The molecule has 17 heavy (non-hydrogen) atoms. The van der Waals surface area contributed by atoms with Gasteiger partial charge in [-0.1, -0.05) is 19.1 Å². The first-order valence-electron chi connectivity index (χ1n) is 5.67. The van der Waals surface area contributed by atoms with Crippen LogP contribution in [0.5, 0.6) is 0 Å². The van der Waals surface area contributed by atoms with E-state index in [1.54, 1.807) is 13.1 Å². The van der Waals surface area contributed by atoms with E-state index in [1.807, 2.05) is 30.0 Å². The van der Waals surface area contributed by atoms with Crippen LogP contribution in [-0.4, -0.2) is 26.0 Å². The van der Waals surface area contributed by atoms with Gasteiger partial charge in [-0.3, -0.25) is 4.79 Å². The maximum absolute atomic E-state index is 11.4. The lowest BCUT2D eigenvalue weighted by Crippen LogP contribution is -2.36. The van der Waals surface area contributed by atoms with Crippen molar-refractivity contribution < 1.29 is 4.79 Å². The molecule has 0 aromatic heterocycles. The Bertz CT molecular complexity index is 423. The van der Waals surface area contributed by atoms with Crippen molar-refractivity contribution in [1.29, 1.82) is 5.26 Å². The third kappa shape index (κ3) is 3.49. The van der Waals surface area contributed by atoms with E-state index in [9.17, 15) is 4.79 Å². The molecule has 90 valence electrons. The van der Waals surface area contributed by atoms with Gasteiger partial charge in [-0.05, 0) is 18.6 Å². The lowest BCUT2D eigenvalue weighted by atomic mass is 10.1. The second-order valence-electron chi connectivity index (χ2n) is 3.72. The zero-order valence-corrected chi connectivity index (χ0v) is 10.2. The number of carbonyl (C=O) groups excluding carboxylic acids is 1. The summed E-state index contributed by atoms with van der Waals surface area (Å²) in [6.45, 7) is 3.08. The van der Waals surface area contributed by atoms with E-state index in [0.29, 0.717) is 5.56 Å². The maximum Gasteiger partial charge on any atom is 0.239 e. The van der Waals surface area contributed by atoms with Crippen molar-refractivity contribution in [2.45, 2.75) is 13.3 Å². The standard InChI is InChI=1S/C13H17N3O/c1-3-8-16(10-13(17)15-2)12-7-5-4-6-11(12)9-14/h4-7H,3,8,10H2,1-2H3,(H,15,17). The molecule has 0 fully saturated rings. The highest BCUT2D eigenvalue weighted by Gasteiger charge is 2.12. The number of hydrogen-bond acceptors (Lipinski definition) is 3. The van der Waals surface area contributed by atoms with Gasteiger partial charge in [0.1, 0.15) is 6.07 Å². The van der Waals surface area contributed by atoms with Crippen LogP contribution in [0.25, 0.3) is 0 Å². The van der Waals surface area contributed by atoms with Crippen LogP contribution < -0.4 is 10.2 Å². The maximum atomic E-state index is 11.4. The summed E-state index contributed by atoms with van der Waals surface area (Å²) in [5.41, 5.74) is 1.42. The molecule has 1 rings (SSSR count). The summed E-state index contributed by atoms with van der Waals surface area (Å²) in [7, 11) is 1.61. The van der Waals surface area contributed by atoms with Gasteiger partial charge in [0, 0.05) is 13.6 Å². The van der Waals surface area contributed by atoms with E-state index in [4.69, 9.17) is 5.26 Å². The third-order valence-corrected chi connectivity index (χ3v) is 2.47. The zero-order chi connectivity index (χ0) is 12.7. The third-order valence-electron chi connectivity index (χ3n) is 2.47. The van der Waals surface area contributed by atoms with E-state index >= 15 is 0 Å². The Morgan fingerprint density at radius 1 is 1.47 bits per heavy atom. The average Bonchev–Trinajstić information content (AvgIpc) is 2.38. The summed E-state index contributed by atoms with van der Waals surface area (Å²) < 4.78 is 0. The van der Waals surface area contributed by atoms with Crippen LogP contribution in [0.4, 0.5) is 5.69 Å². The van der Waals surface area contributed by atoms with Gasteiger partial charge in [-0.25, -0.2) is 0 Å². The molecule has 0 spiro atoms. The van der Waals surface area contributed by atoms with Crippen molar-refractivity contribution in [2.75, 3.05) is 25.0 Å². The number of amides is 1. The van der Waals surface area contributed by atoms with Crippen molar-refractivity contribution in [3.63, 3.8) is 0 Å². The van der Waals surface area contributed by atoms with Gasteiger partial charge in [0.15, 0.2) is 0 Å². The minimum absolute atomic E-state index is 0.0498. The van der Waals surface area contributed by atoms with Crippen LogP contribution in [0.15, 0.2) is 24.3 Å². The first-order valence-corrected chi connectivity index (χ1v) is 5.67. The predicted octanol–water partition coefficient (Wildman–Crippen LogP) is 1.52. The van der Waals surface area contributed by atoms with Crippen LogP contribution in [0, 0.1) is 11.3 Å².